The van der Waals surface area contributed by atoms with Crippen LogP contribution in [0.5, 0.6) is 11.8 Å². The predicted octanol–water partition coefficient (Wildman–Crippen LogP) is 5.21. The molecule has 4 rings (SSSR count). The zero-order chi connectivity index (χ0) is 22.7. The van der Waals surface area contributed by atoms with Crippen LogP contribution in [0, 0.1) is 0 Å². The number of pyridine rings is 1. The molecule has 1 aromatic heterocycles. The molecule has 0 radical (unpaired) electrons. The van der Waals surface area contributed by atoms with Crippen LogP contribution in [0.2, 0.25) is 5.02 Å². The molecule has 0 amide bonds. The smallest absolute Gasteiger partial charge is 0.320 e. The van der Waals surface area contributed by atoms with Crippen LogP contribution in [0.1, 0.15) is 30.0 Å². The molecule has 0 aliphatic carbocycles. The van der Waals surface area contributed by atoms with Crippen LogP contribution >= 0.6 is 11.6 Å². The fraction of sp³-hybridized carbons (Fsp3) is 0.280. The molecule has 0 spiro atoms. The molecule has 1 fully saturated rings. The molecule has 7 heteroatoms. The highest BCUT2D eigenvalue weighted by Gasteiger charge is 2.39. The van der Waals surface area contributed by atoms with Crippen molar-refractivity contribution in [2.45, 2.75) is 31.5 Å². The Hall–Kier alpha value is -3.09. The fourth-order valence-corrected chi connectivity index (χ4v) is 4.60. The van der Waals surface area contributed by atoms with Gasteiger partial charge in [-0.15, -0.1) is 0 Å². The van der Waals surface area contributed by atoms with Crippen molar-refractivity contribution in [1.29, 1.82) is 0 Å². The maximum absolute atomic E-state index is 11.9. The normalized spacial score (nSPS) is 18.5. The fourth-order valence-electron chi connectivity index (χ4n) is 4.34. The molecule has 1 N–H and O–H groups in total. The second kappa shape index (κ2) is 9.59. The molecule has 32 heavy (non-hydrogen) atoms. The quantitative estimate of drug-likeness (QED) is 0.530. The molecule has 0 bridgehead atoms. The monoisotopic (exact) mass is 452 g/mol. The van der Waals surface area contributed by atoms with E-state index in [9.17, 15) is 9.90 Å². The summed E-state index contributed by atoms with van der Waals surface area (Å²) in [5.41, 5.74) is 3.82. The topological polar surface area (TPSA) is 71.9 Å². The first-order valence-corrected chi connectivity index (χ1v) is 10.8. The zero-order valence-electron chi connectivity index (χ0n) is 18.0. The Bertz CT molecular complexity index is 1100. The largest absolute Gasteiger partial charge is 0.481 e. The highest BCUT2D eigenvalue weighted by atomic mass is 35.5. The van der Waals surface area contributed by atoms with Gasteiger partial charge < -0.3 is 14.6 Å². The van der Waals surface area contributed by atoms with E-state index in [0.717, 1.165) is 28.7 Å². The van der Waals surface area contributed by atoms with E-state index < -0.39 is 12.0 Å². The van der Waals surface area contributed by atoms with E-state index in [-0.39, 0.29) is 6.04 Å². The third-order valence-electron chi connectivity index (χ3n) is 5.93. The number of aromatic nitrogens is 1. The van der Waals surface area contributed by atoms with Crippen molar-refractivity contribution in [3.8, 4) is 22.9 Å². The minimum atomic E-state index is -0.801. The SMILES string of the molecule is COc1ccc(-c2ccc(CN3[C@@H](c4ccccc4Cl)CC[C@H]3C(=O)O)cc2)c(OC)n1. The average Bonchev–Trinajstić information content (AvgIpc) is 3.23. The van der Waals surface area contributed by atoms with Crippen LogP contribution in [0.4, 0.5) is 0 Å². The molecule has 0 saturated carbocycles. The van der Waals surface area contributed by atoms with Crippen molar-refractivity contribution in [2.75, 3.05) is 14.2 Å². The number of ether oxygens (including phenoxy) is 2. The lowest BCUT2D eigenvalue weighted by molar-refractivity contribution is -0.142. The van der Waals surface area contributed by atoms with Gasteiger partial charge in [-0.25, -0.2) is 0 Å². The molecule has 1 aliphatic rings. The van der Waals surface area contributed by atoms with Gasteiger partial charge in [0.2, 0.25) is 11.8 Å². The highest BCUT2D eigenvalue weighted by molar-refractivity contribution is 6.31. The first-order chi connectivity index (χ1) is 15.5. The van der Waals surface area contributed by atoms with Gasteiger partial charge in [-0.05, 0) is 41.7 Å². The molecule has 0 unspecified atom stereocenters. The third kappa shape index (κ3) is 4.42. The van der Waals surface area contributed by atoms with Crippen molar-refractivity contribution in [2.24, 2.45) is 0 Å². The summed E-state index contributed by atoms with van der Waals surface area (Å²) in [4.78, 5) is 18.3. The summed E-state index contributed by atoms with van der Waals surface area (Å²) >= 11 is 6.44. The number of carbonyl (C=O) groups is 1. The molecule has 1 aliphatic heterocycles. The van der Waals surface area contributed by atoms with E-state index in [4.69, 9.17) is 21.1 Å². The summed E-state index contributed by atoms with van der Waals surface area (Å²) in [6.07, 6.45) is 1.35. The number of hydrogen-bond acceptors (Lipinski definition) is 5. The first kappa shape index (κ1) is 22.1. The van der Waals surface area contributed by atoms with Crippen LogP contribution in [-0.4, -0.2) is 41.2 Å². The molecular weight excluding hydrogens is 428 g/mol. The predicted molar refractivity (Wildman–Crippen MR) is 123 cm³/mol. The molecular formula is C25H25ClN2O4. The molecule has 166 valence electrons. The number of benzene rings is 2. The van der Waals surface area contributed by atoms with Crippen molar-refractivity contribution in [3.63, 3.8) is 0 Å². The van der Waals surface area contributed by atoms with Gasteiger partial charge in [0.25, 0.3) is 0 Å². The zero-order valence-corrected chi connectivity index (χ0v) is 18.7. The van der Waals surface area contributed by atoms with Crippen molar-refractivity contribution >= 4 is 17.6 Å². The second-order valence-corrected chi connectivity index (χ2v) is 8.16. The minimum absolute atomic E-state index is 0.0321. The lowest BCUT2D eigenvalue weighted by Crippen LogP contribution is -2.37. The first-order valence-electron chi connectivity index (χ1n) is 10.4. The summed E-state index contributed by atoms with van der Waals surface area (Å²) in [6, 6.07) is 18.8. The summed E-state index contributed by atoms with van der Waals surface area (Å²) in [5, 5.41) is 10.5. The van der Waals surface area contributed by atoms with E-state index in [2.05, 4.69) is 4.98 Å². The van der Waals surface area contributed by atoms with Gasteiger partial charge >= 0.3 is 5.97 Å². The van der Waals surface area contributed by atoms with E-state index in [1.54, 1.807) is 20.3 Å². The van der Waals surface area contributed by atoms with Gasteiger partial charge in [-0.3, -0.25) is 9.69 Å². The lowest BCUT2D eigenvalue weighted by atomic mass is 10.0. The molecule has 6 nitrogen and oxygen atoms in total. The van der Waals surface area contributed by atoms with Crippen LogP contribution in [-0.2, 0) is 11.3 Å². The Labute approximate surface area is 192 Å². The van der Waals surface area contributed by atoms with Crippen LogP contribution in [0.15, 0.2) is 60.7 Å². The second-order valence-electron chi connectivity index (χ2n) is 7.75. The number of carboxylic acid groups (broad SMARTS) is 1. The van der Waals surface area contributed by atoms with Gasteiger partial charge in [-0.2, -0.15) is 4.98 Å². The number of hydrogen-bond donors (Lipinski definition) is 1. The number of nitrogens with zero attached hydrogens (tertiary/aromatic N) is 2. The Morgan fingerprint density at radius 3 is 2.47 bits per heavy atom. The van der Waals surface area contributed by atoms with Gasteiger partial charge in [-0.1, -0.05) is 54.1 Å². The van der Waals surface area contributed by atoms with Crippen molar-refractivity contribution in [3.05, 3.63) is 76.8 Å². The van der Waals surface area contributed by atoms with E-state index >= 15 is 0 Å². The van der Waals surface area contributed by atoms with Gasteiger partial charge in [0.05, 0.1) is 14.2 Å². The lowest BCUT2D eigenvalue weighted by Gasteiger charge is -2.29. The van der Waals surface area contributed by atoms with Crippen LogP contribution in [0.25, 0.3) is 11.1 Å². The average molecular weight is 453 g/mol. The third-order valence-corrected chi connectivity index (χ3v) is 6.27. The molecule has 2 atom stereocenters. The maximum Gasteiger partial charge on any atom is 0.320 e. The van der Waals surface area contributed by atoms with Gasteiger partial charge in [0.15, 0.2) is 0 Å². The Balaban J connectivity index is 1.60. The van der Waals surface area contributed by atoms with E-state index in [1.807, 2.05) is 59.5 Å². The molecule has 2 heterocycles. The molecule has 2 aromatic carbocycles. The van der Waals surface area contributed by atoms with E-state index in [1.165, 1.54) is 0 Å². The summed E-state index contributed by atoms with van der Waals surface area (Å²) in [7, 11) is 3.14. The summed E-state index contributed by atoms with van der Waals surface area (Å²) in [6.45, 7) is 0.519. The molecule has 3 aromatic rings. The summed E-state index contributed by atoms with van der Waals surface area (Å²) in [5.74, 6) is 0.174. The van der Waals surface area contributed by atoms with Crippen LogP contribution in [0.3, 0.4) is 0 Å². The van der Waals surface area contributed by atoms with E-state index in [0.29, 0.717) is 29.7 Å². The number of halogens is 1. The number of methoxy groups -OCH3 is 2. The molecule has 1 saturated heterocycles. The van der Waals surface area contributed by atoms with Crippen LogP contribution < -0.4 is 9.47 Å². The Kier molecular flexibility index (Phi) is 6.63. The number of aliphatic carboxylic acids is 1. The van der Waals surface area contributed by atoms with Gasteiger partial charge in [0, 0.05) is 29.2 Å². The Morgan fingerprint density at radius 2 is 1.81 bits per heavy atom. The van der Waals surface area contributed by atoms with Crippen molar-refractivity contribution in [1.82, 2.24) is 9.88 Å². The Morgan fingerprint density at radius 1 is 1.06 bits per heavy atom. The van der Waals surface area contributed by atoms with Gasteiger partial charge in [0.1, 0.15) is 6.04 Å². The van der Waals surface area contributed by atoms with Crippen molar-refractivity contribution < 1.29 is 19.4 Å². The standard InChI is InChI=1S/C25H25ClN2O4/c1-31-23-14-11-18(24(27-23)32-2)17-9-7-16(8-10-17)15-28-21(12-13-22(28)25(29)30)19-5-3-4-6-20(19)26/h3-11,14,21-22H,12-13,15H2,1-2H3,(H,29,30)/t21-,22+/m1/s1. The summed E-state index contributed by atoms with van der Waals surface area (Å²) < 4.78 is 10.6. The number of rotatable bonds is 7. The maximum atomic E-state index is 11.9. The number of carboxylic acids is 1. The highest BCUT2D eigenvalue weighted by Crippen LogP contribution is 2.40. The number of likely N-dealkylation sites (tertiary alicyclic amines) is 1. The minimum Gasteiger partial charge on any atom is -0.481 e.